The molecule has 1 amide bonds. The maximum Gasteiger partial charge on any atom is 0.408 e. The predicted molar refractivity (Wildman–Crippen MR) is 155 cm³/mol. The Balaban J connectivity index is 1.11. The molecule has 0 radical (unpaired) electrons. The van der Waals surface area contributed by atoms with E-state index in [-0.39, 0.29) is 11.9 Å². The van der Waals surface area contributed by atoms with Gasteiger partial charge in [-0.05, 0) is 68.1 Å². The van der Waals surface area contributed by atoms with Crippen molar-refractivity contribution in [2.75, 3.05) is 62.7 Å². The highest BCUT2D eigenvalue weighted by atomic mass is 19.4. The van der Waals surface area contributed by atoms with Gasteiger partial charge in [-0.15, -0.1) is 0 Å². The number of rotatable bonds is 7. The molecule has 2 N–H and O–H groups in total. The molecule has 9 nitrogen and oxygen atoms in total. The molecule has 0 bridgehead atoms. The number of aromatic amines is 1. The van der Waals surface area contributed by atoms with Crippen molar-refractivity contribution >= 4 is 28.4 Å². The van der Waals surface area contributed by atoms with E-state index in [0.29, 0.717) is 63.6 Å². The van der Waals surface area contributed by atoms with Gasteiger partial charge in [-0.25, -0.2) is 9.97 Å². The molecule has 0 unspecified atom stereocenters. The number of benzene rings is 1. The third-order valence-corrected chi connectivity index (χ3v) is 8.80. The second-order valence-electron chi connectivity index (χ2n) is 11.3. The van der Waals surface area contributed by atoms with E-state index in [4.69, 9.17) is 4.74 Å². The number of likely N-dealkylation sites (tertiary alicyclic amines) is 2. The van der Waals surface area contributed by atoms with Crippen molar-refractivity contribution in [2.45, 2.75) is 37.5 Å². The van der Waals surface area contributed by atoms with E-state index in [2.05, 4.69) is 36.6 Å². The molecule has 3 aromatic rings. The van der Waals surface area contributed by atoms with Crippen molar-refractivity contribution in [2.24, 2.45) is 5.92 Å². The smallest absolute Gasteiger partial charge is 0.378 e. The number of morpholine rings is 1. The number of aromatic nitrogens is 3. The molecule has 0 spiro atoms. The van der Waals surface area contributed by atoms with E-state index in [1.54, 1.807) is 17.0 Å². The van der Waals surface area contributed by atoms with Crippen molar-refractivity contribution in [3.8, 4) is 11.3 Å². The number of halogens is 3. The minimum atomic E-state index is -4.38. The van der Waals surface area contributed by atoms with Crippen molar-refractivity contribution in [1.82, 2.24) is 24.8 Å². The number of hydrogen-bond donors (Lipinski definition) is 2. The highest BCUT2D eigenvalue weighted by Gasteiger charge is 2.46. The van der Waals surface area contributed by atoms with Crippen LogP contribution in [0.1, 0.15) is 19.3 Å². The number of alkyl halides is 3. The van der Waals surface area contributed by atoms with E-state index in [1.807, 2.05) is 18.2 Å². The number of ether oxygens (including phenoxy) is 1. The number of carbonyl (C=O) groups is 1. The van der Waals surface area contributed by atoms with Crippen LogP contribution in [-0.2, 0) is 9.53 Å². The van der Waals surface area contributed by atoms with Crippen molar-refractivity contribution < 1.29 is 22.7 Å². The standard InChI is InChI=1S/C30H36F3N7O2/c1-2-26(41)40-12-9-23(18-40)38-10-7-21(8-11-38)27(30(31,32)33)36-22-5-3-20(4-6-22)25-17-24-28(37-25)34-19-35-29(24)39-13-15-42-16-14-39/h2-6,17,19,21,23,27,36H,1,7-16,18H2,(H,34,35,37)/t23-,27+/m0/s1. The van der Waals surface area contributed by atoms with Gasteiger partial charge in [0, 0.05) is 43.6 Å². The Morgan fingerprint density at radius 3 is 2.50 bits per heavy atom. The van der Waals surface area contributed by atoms with E-state index in [0.717, 1.165) is 42.0 Å². The molecule has 1 aromatic carbocycles. The van der Waals surface area contributed by atoms with Gasteiger partial charge >= 0.3 is 6.18 Å². The molecule has 0 saturated carbocycles. The van der Waals surface area contributed by atoms with Crippen molar-refractivity contribution in [1.29, 1.82) is 0 Å². The number of nitrogens with zero attached hydrogens (tertiary/aromatic N) is 5. The van der Waals surface area contributed by atoms with Crippen molar-refractivity contribution in [3.63, 3.8) is 0 Å². The first-order chi connectivity index (χ1) is 20.3. The maximum atomic E-state index is 14.3. The summed E-state index contributed by atoms with van der Waals surface area (Å²) in [6.07, 6.45) is 0.213. The van der Waals surface area contributed by atoms with Crippen molar-refractivity contribution in [3.05, 3.63) is 49.3 Å². The first kappa shape index (κ1) is 28.5. The average molecular weight is 584 g/mol. The SMILES string of the molecule is C=CC(=O)N1CC[C@H](N2CCC([C@@H](Nc3ccc(-c4cc5c(N6CCOCC6)ncnc5[nH]4)cc3)C(F)(F)F)CC2)C1. The normalized spacial score (nSPS) is 21.5. The second-order valence-corrected chi connectivity index (χ2v) is 11.3. The highest BCUT2D eigenvalue weighted by molar-refractivity contribution is 5.92. The molecule has 3 fully saturated rings. The second kappa shape index (κ2) is 11.9. The average Bonchev–Trinajstić information content (AvgIpc) is 3.68. The van der Waals surface area contributed by atoms with Gasteiger partial charge in [-0.3, -0.25) is 9.69 Å². The number of anilines is 2. The molecule has 2 atom stereocenters. The lowest BCUT2D eigenvalue weighted by molar-refractivity contribution is -0.157. The van der Waals surface area contributed by atoms with Crippen LogP contribution in [0, 0.1) is 5.92 Å². The zero-order chi connectivity index (χ0) is 29.3. The summed E-state index contributed by atoms with van der Waals surface area (Å²) in [5, 5.41) is 3.70. The molecular weight excluding hydrogens is 547 g/mol. The Morgan fingerprint density at radius 1 is 1.07 bits per heavy atom. The van der Waals surface area contributed by atoms with Crippen LogP contribution in [0.2, 0.25) is 0 Å². The van der Waals surface area contributed by atoms with Gasteiger partial charge in [0.15, 0.2) is 0 Å². The van der Waals surface area contributed by atoms with Crippen LogP contribution in [0.3, 0.4) is 0 Å². The Kier molecular flexibility index (Phi) is 8.09. The lowest BCUT2D eigenvalue weighted by Gasteiger charge is -2.39. The molecule has 6 rings (SSSR count). The fourth-order valence-corrected chi connectivity index (χ4v) is 6.49. The molecule has 2 aromatic heterocycles. The number of carbonyl (C=O) groups excluding carboxylic acids is 1. The van der Waals surface area contributed by atoms with Crippen LogP contribution in [0.5, 0.6) is 0 Å². The molecule has 3 aliphatic rings. The third-order valence-electron chi connectivity index (χ3n) is 8.80. The zero-order valence-electron chi connectivity index (χ0n) is 23.4. The molecule has 12 heteroatoms. The van der Waals surface area contributed by atoms with Crippen LogP contribution >= 0.6 is 0 Å². The topological polar surface area (TPSA) is 89.6 Å². The zero-order valence-corrected chi connectivity index (χ0v) is 23.4. The van der Waals surface area contributed by atoms with Gasteiger partial charge in [0.25, 0.3) is 0 Å². The summed E-state index contributed by atoms with van der Waals surface area (Å²) in [6.45, 7) is 8.80. The molecular formula is C30H36F3N7O2. The van der Waals surface area contributed by atoms with E-state index in [1.165, 1.54) is 12.4 Å². The lowest BCUT2D eigenvalue weighted by atomic mass is 9.88. The highest BCUT2D eigenvalue weighted by Crippen LogP contribution is 2.36. The van der Waals surface area contributed by atoms with Gasteiger partial charge in [0.05, 0.1) is 18.6 Å². The van der Waals surface area contributed by atoms with E-state index >= 15 is 0 Å². The number of fused-ring (bicyclic) bond motifs is 1. The van der Waals surface area contributed by atoms with Gasteiger partial charge in [-0.2, -0.15) is 13.2 Å². The van der Waals surface area contributed by atoms with Gasteiger partial charge in [0.2, 0.25) is 5.91 Å². The predicted octanol–water partition coefficient (Wildman–Crippen LogP) is 4.30. The van der Waals surface area contributed by atoms with Gasteiger partial charge in [0.1, 0.15) is 23.8 Å². The molecule has 42 heavy (non-hydrogen) atoms. The lowest BCUT2D eigenvalue weighted by Crippen LogP contribution is -2.50. The summed E-state index contributed by atoms with van der Waals surface area (Å²) in [5.41, 5.74) is 2.82. The number of piperidine rings is 1. The Bertz CT molecular complexity index is 1400. The molecule has 3 saturated heterocycles. The van der Waals surface area contributed by atoms with Gasteiger partial charge < -0.3 is 24.8 Å². The summed E-state index contributed by atoms with van der Waals surface area (Å²) in [4.78, 5) is 30.3. The first-order valence-electron chi connectivity index (χ1n) is 14.6. The number of H-pyrrole nitrogens is 1. The first-order valence-corrected chi connectivity index (χ1v) is 14.6. The minimum absolute atomic E-state index is 0.0873. The third kappa shape index (κ3) is 5.96. The largest absolute Gasteiger partial charge is 0.408 e. The maximum absolute atomic E-state index is 14.3. The van der Waals surface area contributed by atoms with E-state index in [9.17, 15) is 18.0 Å². The Labute approximate surface area is 242 Å². The van der Waals surface area contributed by atoms with Crippen LogP contribution < -0.4 is 10.2 Å². The fraction of sp³-hybridized carbons (Fsp3) is 0.500. The monoisotopic (exact) mass is 583 g/mol. The van der Waals surface area contributed by atoms with E-state index < -0.39 is 18.1 Å². The van der Waals surface area contributed by atoms with Crippen LogP contribution in [-0.4, -0.2) is 101 Å². The number of amides is 1. The summed E-state index contributed by atoms with van der Waals surface area (Å²) in [7, 11) is 0. The summed E-state index contributed by atoms with van der Waals surface area (Å²) < 4.78 is 48.2. The summed E-state index contributed by atoms with van der Waals surface area (Å²) >= 11 is 0. The Morgan fingerprint density at radius 2 is 1.81 bits per heavy atom. The molecule has 5 heterocycles. The quantitative estimate of drug-likeness (QED) is 0.401. The van der Waals surface area contributed by atoms with Gasteiger partial charge in [-0.1, -0.05) is 18.7 Å². The summed E-state index contributed by atoms with van der Waals surface area (Å²) in [5.74, 6) is 0.230. The van der Waals surface area contributed by atoms with Crippen LogP contribution in [0.4, 0.5) is 24.7 Å². The van der Waals surface area contributed by atoms with Crippen LogP contribution in [0.25, 0.3) is 22.3 Å². The fourth-order valence-electron chi connectivity index (χ4n) is 6.49. The van der Waals surface area contributed by atoms with Crippen LogP contribution in [0.15, 0.2) is 49.3 Å². The molecule has 3 aliphatic heterocycles. The number of hydrogen-bond acceptors (Lipinski definition) is 7. The summed E-state index contributed by atoms with van der Waals surface area (Å²) in [6, 6.07) is 7.60. The molecule has 224 valence electrons. The molecule has 0 aliphatic carbocycles. The number of nitrogens with one attached hydrogen (secondary N) is 2. The Hall–Kier alpha value is -3.64. The minimum Gasteiger partial charge on any atom is -0.378 e.